The van der Waals surface area contributed by atoms with Gasteiger partial charge in [-0.15, -0.1) is 11.3 Å². The number of carbonyl (C=O) groups is 2. The fraction of sp³-hybridized carbons (Fsp3) is 0.308. The van der Waals surface area contributed by atoms with E-state index in [9.17, 15) is 19.8 Å². The van der Waals surface area contributed by atoms with Crippen LogP contribution in [0.2, 0.25) is 0 Å². The Hall–Kier alpha value is -1.60. The predicted octanol–water partition coefficient (Wildman–Crippen LogP) is 0.673. The second-order valence-electron chi connectivity index (χ2n) is 3.45. The Labute approximate surface area is 124 Å². The molecular formula is C13H13NO4S2-2. The first kappa shape index (κ1) is 16.5. The lowest BCUT2D eigenvalue weighted by atomic mass is 10.3. The summed E-state index contributed by atoms with van der Waals surface area (Å²) in [7, 11) is 0. The average molecular weight is 311 g/mol. The molecule has 1 heterocycles. The third-order valence-corrected chi connectivity index (χ3v) is 4.44. The summed E-state index contributed by atoms with van der Waals surface area (Å²) in [4.78, 5) is 25.5. The van der Waals surface area contributed by atoms with E-state index in [1.54, 1.807) is 0 Å². The van der Waals surface area contributed by atoms with E-state index >= 15 is 0 Å². The van der Waals surface area contributed by atoms with Crippen molar-refractivity contribution in [3.05, 3.63) is 24.3 Å². The van der Waals surface area contributed by atoms with E-state index in [-0.39, 0.29) is 0 Å². The number of thioether (sulfide) groups is 1. The Morgan fingerprint density at radius 2 is 1.95 bits per heavy atom. The molecule has 1 aromatic carbocycles. The average Bonchev–Trinajstić information content (AvgIpc) is 2.82. The van der Waals surface area contributed by atoms with Crippen molar-refractivity contribution in [2.45, 2.75) is 29.9 Å². The summed E-state index contributed by atoms with van der Waals surface area (Å²) in [6.45, 7) is 4.00. The van der Waals surface area contributed by atoms with Crippen LogP contribution < -0.4 is 10.2 Å². The van der Waals surface area contributed by atoms with Gasteiger partial charge in [-0.05, 0) is 12.1 Å². The molecule has 0 saturated carbocycles. The van der Waals surface area contributed by atoms with Crippen molar-refractivity contribution >= 4 is 45.3 Å². The van der Waals surface area contributed by atoms with Crippen molar-refractivity contribution in [3.63, 3.8) is 0 Å². The maximum Gasteiger partial charge on any atom is 0.151 e. The normalized spacial score (nSPS) is 11.5. The number of carboxylic acids is 2. The smallest absolute Gasteiger partial charge is 0.151 e. The topological polar surface area (TPSA) is 93.2 Å². The molecule has 0 bridgehead atoms. The van der Waals surface area contributed by atoms with Gasteiger partial charge in [-0.3, -0.25) is 0 Å². The number of carboxylic acid groups (broad SMARTS) is 2. The molecule has 2 aromatic rings. The highest BCUT2D eigenvalue weighted by molar-refractivity contribution is 8.02. The van der Waals surface area contributed by atoms with Gasteiger partial charge in [0.25, 0.3) is 0 Å². The number of para-hydroxylation sites is 1. The molecular weight excluding hydrogens is 298 g/mol. The van der Waals surface area contributed by atoms with Gasteiger partial charge in [-0.25, -0.2) is 4.98 Å². The van der Waals surface area contributed by atoms with E-state index < -0.39 is 23.6 Å². The molecule has 0 spiro atoms. The largest absolute Gasteiger partial charge is 0.550 e. The standard InChI is InChI=1S/C11H9NO4S2.C2H6/c13-9(14)5-8(10(15)16)18-11-12-6-3-1-2-4-7(6)17-11;1-2/h1-4,8H,5H2,(H,13,14)(H,15,16);1-2H3/p-2. The quantitative estimate of drug-likeness (QED) is 0.754. The summed E-state index contributed by atoms with van der Waals surface area (Å²) in [5.41, 5.74) is 0.760. The van der Waals surface area contributed by atoms with Gasteiger partial charge in [-0.2, -0.15) is 0 Å². The molecule has 0 radical (unpaired) electrons. The summed E-state index contributed by atoms with van der Waals surface area (Å²) in [6.07, 6.45) is -0.594. The van der Waals surface area contributed by atoms with Gasteiger partial charge in [0.1, 0.15) is 0 Å². The lowest BCUT2D eigenvalue weighted by molar-refractivity contribution is -0.314. The van der Waals surface area contributed by atoms with Crippen LogP contribution >= 0.6 is 23.1 Å². The van der Waals surface area contributed by atoms with Gasteiger partial charge >= 0.3 is 0 Å². The SMILES string of the molecule is CC.O=C([O-])CC(Sc1nc2ccccc2s1)C(=O)[O-]. The highest BCUT2D eigenvalue weighted by Gasteiger charge is 2.15. The van der Waals surface area contributed by atoms with Crippen LogP contribution in [0.15, 0.2) is 28.6 Å². The summed E-state index contributed by atoms with van der Waals surface area (Å²) < 4.78 is 1.43. The highest BCUT2D eigenvalue weighted by Crippen LogP contribution is 2.32. The Morgan fingerprint density at radius 1 is 1.30 bits per heavy atom. The highest BCUT2D eigenvalue weighted by atomic mass is 32.2. The lowest BCUT2D eigenvalue weighted by Crippen LogP contribution is -2.38. The van der Waals surface area contributed by atoms with Crippen molar-refractivity contribution in [1.82, 2.24) is 4.98 Å². The summed E-state index contributed by atoms with van der Waals surface area (Å²) in [5, 5.41) is 20.1. The van der Waals surface area contributed by atoms with Gasteiger partial charge in [0.15, 0.2) is 4.34 Å². The van der Waals surface area contributed by atoms with Crippen LogP contribution in [0.3, 0.4) is 0 Å². The second-order valence-corrected chi connectivity index (χ2v) is 5.93. The lowest BCUT2D eigenvalue weighted by Gasteiger charge is -2.16. The Kier molecular flexibility index (Phi) is 6.47. The molecule has 1 atom stereocenters. The Morgan fingerprint density at radius 3 is 2.50 bits per heavy atom. The van der Waals surface area contributed by atoms with Crippen molar-refractivity contribution in [3.8, 4) is 0 Å². The van der Waals surface area contributed by atoms with Crippen LogP contribution in [0.4, 0.5) is 0 Å². The number of nitrogens with zero attached hydrogens (tertiary/aromatic N) is 1. The van der Waals surface area contributed by atoms with Crippen LogP contribution in [-0.4, -0.2) is 22.2 Å². The van der Waals surface area contributed by atoms with Crippen molar-refractivity contribution in [2.24, 2.45) is 0 Å². The van der Waals surface area contributed by atoms with Gasteiger partial charge < -0.3 is 19.8 Å². The molecule has 108 valence electrons. The third kappa shape index (κ3) is 4.50. The number of aliphatic carboxylic acids is 2. The minimum Gasteiger partial charge on any atom is -0.550 e. The molecule has 1 unspecified atom stereocenters. The minimum atomic E-state index is -1.43. The van der Waals surface area contributed by atoms with E-state index in [1.807, 2.05) is 38.1 Å². The third-order valence-electron chi connectivity index (χ3n) is 2.13. The number of hydrogen-bond donors (Lipinski definition) is 0. The first-order valence-corrected chi connectivity index (χ1v) is 7.69. The van der Waals surface area contributed by atoms with Crippen LogP contribution in [0.25, 0.3) is 10.2 Å². The first-order valence-electron chi connectivity index (χ1n) is 5.99. The monoisotopic (exact) mass is 311 g/mol. The molecule has 7 heteroatoms. The fourth-order valence-corrected chi connectivity index (χ4v) is 3.56. The molecule has 2 rings (SSSR count). The summed E-state index contributed by atoms with van der Waals surface area (Å²) in [5.74, 6) is -2.85. The minimum absolute atomic E-state index is 0.506. The van der Waals surface area contributed by atoms with E-state index in [0.29, 0.717) is 4.34 Å². The first-order chi connectivity index (χ1) is 9.56. The van der Waals surface area contributed by atoms with E-state index in [2.05, 4.69) is 4.98 Å². The maximum atomic E-state index is 10.8. The maximum absolute atomic E-state index is 10.8. The van der Waals surface area contributed by atoms with Gasteiger partial charge in [0.2, 0.25) is 0 Å². The summed E-state index contributed by atoms with van der Waals surface area (Å²) in [6, 6.07) is 7.35. The molecule has 0 N–H and O–H groups in total. The van der Waals surface area contributed by atoms with E-state index in [4.69, 9.17) is 0 Å². The Bertz CT molecular complexity index is 564. The van der Waals surface area contributed by atoms with Gasteiger partial charge in [-0.1, -0.05) is 37.7 Å². The van der Waals surface area contributed by atoms with Crippen LogP contribution in [-0.2, 0) is 9.59 Å². The second kappa shape index (κ2) is 7.86. The molecule has 0 saturated heterocycles. The molecule has 5 nitrogen and oxygen atoms in total. The van der Waals surface area contributed by atoms with Crippen LogP contribution in [0.1, 0.15) is 20.3 Å². The molecule has 0 aliphatic heterocycles. The molecule has 20 heavy (non-hydrogen) atoms. The number of rotatable bonds is 5. The van der Waals surface area contributed by atoms with Crippen molar-refractivity contribution in [1.29, 1.82) is 0 Å². The number of fused-ring (bicyclic) bond motifs is 1. The predicted molar refractivity (Wildman–Crippen MR) is 75.2 cm³/mol. The van der Waals surface area contributed by atoms with E-state index in [1.165, 1.54) is 11.3 Å². The number of benzene rings is 1. The number of hydrogen-bond acceptors (Lipinski definition) is 7. The zero-order valence-corrected chi connectivity index (χ0v) is 12.6. The summed E-state index contributed by atoms with van der Waals surface area (Å²) >= 11 is 2.19. The molecule has 0 fully saturated rings. The fourth-order valence-electron chi connectivity index (χ4n) is 1.35. The Balaban J connectivity index is 0.000000956. The zero-order chi connectivity index (χ0) is 15.1. The number of aromatic nitrogens is 1. The van der Waals surface area contributed by atoms with Crippen molar-refractivity contribution < 1.29 is 19.8 Å². The van der Waals surface area contributed by atoms with Crippen molar-refractivity contribution in [2.75, 3.05) is 0 Å². The van der Waals surface area contributed by atoms with Crippen LogP contribution in [0, 0.1) is 0 Å². The number of thiazole rings is 1. The van der Waals surface area contributed by atoms with Gasteiger partial charge in [0.05, 0.1) is 21.4 Å². The van der Waals surface area contributed by atoms with Gasteiger partial charge in [0, 0.05) is 12.4 Å². The molecule has 0 aliphatic rings. The zero-order valence-electron chi connectivity index (χ0n) is 11.0. The number of carbonyl (C=O) groups excluding carboxylic acids is 2. The van der Waals surface area contributed by atoms with E-state index in [0.717, 1.165) is 22.0 Å². The molecule has 0 amide bonds. The molecule has 1 aromatic heterocycles. The molecule has 0 aliphatic carbocycles. The van der Waals surface area contributed by atoms with Crippen LogP contribution in [0.5, 0.6) is 0 Å².